The van der Waals surface area contributed by atoms with E-state index in [4.69, 9.17) is 18.0 Å². The van der Waals surface area contributed by atoms with Crippen LogP contribution in [0.15, 0.2) is 24.3 Å². The van der Waals surface area contributed by atoms with Crippen molar-refractivity contribution in [1.29, 1.82) is 0 Å². The van der Waals surface area contributed by atoms with Crippen LogP contribution in [0.1, 0.15) is 16.8 Å². The number of rotatable bonds is 4. The molecule has 0 atom stereocenters. The fourth-order valence-corrected chi connectivity index (χ4v) is 1.86. The van der Waals surface area contributed by atoms with Crippen LogP contribution in [0.5, 0.6) is 0 Å². The molecule has 86 valence electrons. The highest BCUT2D eigenvalue weighted by molar-refractivity contribution is 14.1. The number of nitrogens with two attached hydrogens (primary N) is 1. The Kier molecular flexibility index (Phi) is 5.14. The van der Waals surface area contributed by atoms with Gasteiger partial charge in [-0.2, -0.15) is 0 Å². The van der Waals surface area contributed by atoms with Crippen molar-refractivity contribution in [3.8, 4) is 0 Å². The van der Waals surface area contributed by atoms with Crippen LogP contribution in [0.25, 0.3) is 0 Å². The Hall–Kier alpha value is -0.690. The van der Waals surface area contributed by atoms with Crippen LogP contribution in [0, 0.1) is 3.57 Å². The summed E-state index contributed by atoms with van der Waals surface area (Å²) in [4.78, 5) is 14.0. The van der Waals surface area contributed by atoms with Crippen molar-refractivity contribution in [1.82, 2.24) is 4.90 Å². The molecule has 0 aliphatic rings. The number of halogens is 1. The predicted molar refractivity (Wildman–Crippen MR) is 77.5 cm³/mol. The molecule has 0 aliphatic carbocycles. The van der Waals surface area contributed by atoms with Gasteiger partial charge in [0.25, 0.3) is 5.91 Å². The lowest BCUT2D eigenvalue weighted by Crippen LogP contribution is -2.30. The molecule has 0 heterocycles. The van der Waals surface area contributed by atoms with E-state index in [2.05, 4.69) is 22.6 Å². The fourth-order valence-electron chi connectivity index (χ4n) is 1.22. The Morgan fingerprint density at radius 3 is 2.81 bits per heavy atom. The largest absolute Gasteiger partial charge is 0.393 e. The zero-order valence-electron chi connectivity index (χ0n) is 8.94. The second kappa shape index (κ2) is 6.15. The molecule has 16 heavy (non-hydrogen) atoms. The number of amides is 1. The summed E-state index contributed by atoms with van der Waals surface area (Å²) in [6.07, 6.45) is 0.557. The maximum Gasteiger partial charge on any atom is 0.253 e. The number of nitrogens with zero attached hydrogens (tertiary/aromatic N) is 1. The Morgan fingerprint density at radius 1 is 1.56 bits per heavy atom. The molecule has 0 spiro atoms. The lowest BCUT2D eigenvalue weighted by molar-refractivity contribution is 0.0799. The first-order valence-corrected chi connectivity index (χ1v) is 6.28. The van der Waals surface area contributed by atoms with Gasteiger partial charge in [0.05, 0.1) is 4.99 Å². The van der Waals surface area contributed by atoms with Crippen molar-refractivity contribution in [3.63, 3.8) is 0 Å². The minimum atomic E-state index is -0.00485. The molecule has 5 heteroatoms. The highest BCUT2D eigenvalue weighted by atomic mass is 127. The minimum Gasteiger partial charge on any atom is -0.393 e. The summed E-state index contributed by atoms with van der Waals surface area (Å²) in [7, 11) is 1.75. The van der Waals surface area contributed by atoms with Gasteiger partial charge in [-0.1, -0.05) is 18.3 Å². The normalized spacial score (nSPS) is 9.88. The second-order valence-corrected chi connectivity index (χ2v) is 5.22. The van der Waals surface area contributed by atoms with Gasteiger partial charge in [0, 0.05) is 29.1 Å². The Morgan fingerprint density at radius 2 is 2.25 bits per heavy atom. The molecule has 1 aromatic rings. The molecule has 0 aromatic heterocycles. The standard InChI is InChI=1S/C11H13IN2OS/c1-14(6-5-10(13)16)11(15)8-3-2-4-9(12)7-8/h2-4,7H,5-6H2,1H3,(H2,13,16). The summed E-state index contributed by atoms with van der Waals surface area (Å²) in [6.45, 7) is 0.555. The maximum absolute atomic E-state index is 11.9. The molecule has 0 radical (unpaired) electrons. The number of carbonyl (C=O) groups excluding carboxylic acids is 1. The van der Waals surface area contributed by atoms with Crippen molar-refractivity contribution in [3.05, 3.63) is 33.4 Å². The van der Waals surface area contributed by atoms with Gasteiger partial charge >= 0.3 is 0 Å². The van der Waals surface area contributed by atoms with Gasteiger partial charge in [0.1, 0.15) is 0 Å². The van der Waals surface area contributed by atoms with Crippen molar-refractivity contribution < 1.29 is 4.79 Å². The molecule has 0 saturated carbocycles. The van der Waals surface area contributed by atoms with E-state index in [-0.39, 0.29) is 5.91 Å². The first-order chi connectivity index (χ1) is 7.50. The van der Waals surface area contributed by atoms with Crippen LogP contribution in [0.3, 0.4) is 0 Å². The molecule has 1 aromatic carbocycles. The summed E-state index contributed by atoms with van der Waals surface area (Å²) in [5.74, 6) is -0.00485. The van der Waals surface area contributed by atoms with E-state index in [0.29, 0.717) is 23.5 Å². The highest BCUT2D eigenvalue weighted by Crippen LogP contribution is 2.09. The monoisotopic (exact) mass is 348 g/mol. The van der Waals surface area contributed by atoms with Gasteiger partial charge < -0.3 is 10.6 Å². The summed E-state index contributed by atoms with van der Waals surface area (Å²) >= 11 is 6.96. The molecule has 0 fully saturated rings. The first-order valence-electron chi connectivity index (χ1n) is 4.80. The van der Waals surface area contributed by atoms with E-state index in [1.807, 2.05) is 24.3 Å². The van der Waals surface area contributed by atoms with Crippen LogP contribution in [0.4, 0.5) is 0 Å². The summed E-state index contributed by atoms with van der Waals surface area (Å²) in [6, 6.07) is 7.49. The molecule has 0 bridgehead atoms. The first kappa shape index (κ1) is 13.4. The number of carbonyl (C=O) groups is 1. The lowest BCUT2D eigenvalue weighted by Gasteiger charge is -2.16. The number of hydrogen-bond donors (Lipinski definition) is 1. The fraction of sp³-hybridized carbons (Fsp3) is 0.273. The SMILES string of the molecule is CN(CCC(N)=S)C(=O)c1cccc(I)c1. The van der Waals surface area contributed by atoms with Crippen LogP contribution < -0.4 is 5.73 Å². The number of benzene rings is 1. The molecule has 2 N–H and O–H groups in total. The smallest absolute Gasteiger partial charge is 0.253 e. The van der Waals surface area contributed by atoms with Crippen LogP contribution in [-0.4, -0.2) is 29.4 Å². The second-order valence-electron chi connectivity index (χ2n) is 3.45. The number of hydrogen-bond acceptors (Lipinski definition) is 2. The average molecular weight is 348 g/mol. The van der Waals surface area contributed by atoms with Crippen LogP contribution in [0.2, 0.25) is 0 Å². The minimum absolute atomic E-state index is 0.00485. The quantitative estimate of drug-likeness (QED) is 0.669. The third kappa shape index (κ3) is 4.05. The predicted octanol–water partition coefficient (Wildman–Crippen LogP) is 2.04. The van der Waals surface area contributed by atoms with Crippen LogP contribution >= 0.6 is 34.8 Å². The topological polar surface area (TPSA) is 46.3 Å². The average Bonchev–Trinajstić information content (AvgIpc) is 2.24. The van der Waals surface area contributed by atoms with Gasteiger partial charge in [-0.25, -0.2) is 0 Å². The Labute approximate surface area is 114 Å². The van der Waals surface area contributed by atoms with Crippen molar-refractivity contribution >= 4 is 45.7 Å². The van der Waals surface area contributed by atoms with Gasteiger partial charge in [0.15, 0.2) is 0 Å². The van der Waals surface area contributed by atoms with Crippen LogP contribution in [-0.2, 0) is 0 Å². The number of thiocarbonyl (C=S) groups is 1. The summed E-state index contributed by atoms with van der Waals surface area (Å²) in [5, 5.41) is 0. The third-order valence-corrected chi connectivity index (χ3v) is 2.99. The summed E-state index contributed by atoms with van der Waals surface area (Å²) < 4.78 is 1.05. The zero-order valence-corrected chi connectivity index (χ0v) is 11.9. The van der Waals surface area contributed by atoms with Gasteiger partial charge in [0.2, 0.25) is 0 Å². The molecule has 1 amide bonds. The molecular formula is C11H13IN2OS. The van der Waals surface area contributed by atoms with E-state index >= 15 is 0 Å². The highest BCUT2D eigenvalue weighted by Gasteiger charge is 2.11. The molecule has 0 saturated heterocycles. The van der Waals surface area contributed by atoms with Crippen molar-refractivity contribution in [2.45, 2.75) is 6.42 Å². The van der Waals surface area contributed by atoms with E-state index < -0.39 is 0 Å². The molecule has 0 unspecified atom stereocenters. The molecular weight excluding hydrogens is 335 g/mol. The zero-order chi connectivity index (χ0) is 12.1. The van der Waals surface area contributed by atoms with E-state index in [9.17, 15) is 4.79 Å². The molecule has 1 rings (SSSR count). The van der Waals surface area contributed by atoms with Gasteiger partial charge in [-0.15, -0.1) is 0 Å². The third-order valence-electron chi connectivity index (χ3n) is 2.11. The van der Waals surface area contributed by atoms with Gasteiger partial charge in [-0.3, -0.25) is 4.79 Å². The van der Waals surface area contributed by atoms with E-state index in [1.165, 1.54) is 0 Å². The summed E-state index contributed by atoms with van der Waals surface area (Å²) in [5.41, 5.74) is 6.09. The van der Waals surface area contributed by atoms with Crippen molar-refractivity contribution in [2.24, 2.45) is 5.73 Å². The Bertz CT molecular complexity index is 409. The Balaban J connectivity index is 2.67. The van der Waals surface area contributed by atoms with E-state index in [0.717, 1.165) is 3.57 Å². The van der Waals surface area contributed by atoms with Crippen molar-refractivity contribution in [2.75, 3.05) is 13.6 Å². The maximum atomic E-state index is 11.9. The van der Waals surface area contributed by atoms with Gasteiger partial charge in [-0.05, 0) is 40.8 Å². The lowest BCUT2D eigenvalue weighted by atomic mass is 10.2. The molecule has 0 aliphatic heterocycles. The molecule has 3 nitrogen and oxygen atoms in total. The van der Waals surface area contributed by atoms with E-state index in [1.54, 1.807) is 11.9 Å².